The molecule has 0 bridgehead atoms. The van der Waals surface area contributed by atoms with Crippen LogP contribution in [-0.4, -0.2) is 20.9 Å². The van der Waals surface area contributed by atoms with Gasteiger partial charge in [0.1, 0.15) is 17.3 Å². The van der Waals surface area contributed by atoms with Crippen LogP contribution in [0.2, 0.25) is 15.1 Å². The molecule has 0 unspecified atom stereocenters. The molecule has 0 saturated heterocycles. The van der Waals surface area contributed by atoms with Crippen molar-refractivity contribution in [3.63, 3.8) is 0 Å². The number of nitrogens with zero attached hydrogens (tertiary/aromatic N) is 2. The van der Waals surface area contributed by atoms with Crippen LogP contribution >= 0.6 is 51.8 Å². The molecule has 6 nitrogen and oxygen atoms in total. The van der Waals surface area contributed by atoms with E-state index in [1.807, 2.05) is 0 Å². The van der Waals surface area contributed by atoms with Gasteiger partial charge < -0.3 is 9.84 Å². The first-order valence-electron chi connectivity index (χ1n) is 9.11. The zero-order chi connectivity index (χ0) is 23.3. The maximum absolute atomic E-state index is 13.7. The largest absolute Gasteiger partial charge is 0.860 e. The molecule has 3 aromatic rings. The van der Waals surface area contributed by atoms with Gasteiger partial charge in [-0.1, -0.05) is 46.9 Å². The molecule has 33 heavy (non-hydrogen) atoms. The summed E-state index contributed by atoms with van der Waals surface area (Å²) in [6, 6.07) is 12.4. The van der Waals surface area contributed by atoms with E-state index in [0.29, 0.717) is 21.4 Å². The molecule has 0 fully saturated rings. The minimum absolute atomic E-state index is 0. The van der Waals surface area contributed by atoms with Gasteiger partial charge in [-0.25, -0.2) is 4.57 Å². The molecule has 176 valence electrons. The van der Waals surface area contributed by atoms with E-state index in [1.54, 1.807) is 47.3 Å². The number of benzene rings is 2. The highest BCUT2D eigenvalue weighted by Crippen LogP contribution is 2.27. The Kier molecular flexibility index (Phi) is 9.93. The highest BCUT2D eigenvalue weighted by Gasteiger charge is 2.23. The molecule has 0 spiro atoms. The summed E-state index contributed by atoms with van der Waals surface area (Å²) < 4.78 is 43.6. The Balaban J connectivity index is 0.00000385. The molecule has 1 aromatic heterocycles. The van der Waals surface area contributed by atoms with Gasteiger partial charge in [0.05, 0.1) is 21.6 Å². The first kappa shape index (κ1) is 27.3. The van der Waals surface area contributed by atoms with Crippen molar-refractivity contribution in [1.82, 2.24) is 0 Å². The van der Waals surface area contributed by atoms with Crippen LogP contribution in [0.15, 0.2) is 70.8 Å². The summed E-state index contributed by atoms with van der Waals surface area (Å²) in [5, 5.41) is 12.5. The van der Waals surface area contributed by atoms with Crippen molar-refractivity contribution in [2.45, 2.75) is 18.0 Å². The van der Waals surface area contributed by atoms with Gasteiger partial charge in [-0.2, -0.15) is 8.42 Å². The van der Waals surface area contributed by atoms with Crippen LogP contribution in [0, 0.1) is 0 Å². The van der Waals surface area contributed by atoms with E-state index in [2.05, 4.69) is 4.99 Å². The van der Waals surface area contributed by atoms with Gasteiger partial charge in [-0.05, 0) is 30.2 Å². The van der Waals surface area contributed by atoms with E-state index in [1.165, 1.54) is 18.2 Å². The summed E-state index contributed by atoms with van der Waals surface area (Å²) in [5.74, 6) is -0.0900. The quantitative estimate of drug-likeness (QED) is 0.165. The highest BCUT2D eigenvalue weighted by atomic mass is 79.9. The third-order valence-corrected chi connectivity index (χ3v) is 6.39. The fraction of sp³-hybridized carbons (Fsp3) is 0.143. The van der Waals surface area contributed by atoms with E-state index in [4.69, 9.17) is 39.5 Å². The van der Waals surface area contributed by atoms with Gasteiger partial charge in [-0.15, -0.1) is 20.9 Å². The minimum atomic E-state index is -4.99. The number of hydrogen-bond acceptors (Lipinski definition) is 5. The van der Waals surface area contributed by atoms with Gasteiger partial charge in [0.2, 0.25) is 0 Å². The van der Waals surface area contributed by atoms with Crippen molar-refractivity contribution in [2.75, 3.05) is 6.61 Å². The van der Waals surface area contributed by atoms with Crippen LogP contribution in [-0.2, 0) is 23.3 Å². The molecule has 0 aliphatic rings. The summed E-state index contributed by atoms with van der Waals surface area (Å²) in [6.45, 7) is -0.138. The zero-order valence-electron chi connectivity index (χ0n) is 16.8. The highest BCUT2D eigenvalue weighted by molar-refractivity contribution is 8.93. The summed E-state index contributed by atoms with van der Waals surface area (Å²) in [4.78, 5) is 3.40. The molecule has 0 atom stereocenters. The van der Waals surface area contributed by atoms with Gasteiger partial charge in [-0.3, -0.25) is 4.99 Å². The molecule has 3 rings (SSSR count). The molecule has 0 N–H and O–H groups in total. The standard InChI is InChI=1S/C21H16Cl3FN2O4S.BrH/c22-17-7-6-16(9-19(17)24)31-13-20(28)26-10-14-3-2-8-27(11-14)12-15-4-1-5-18(23)21(15)32(25,29)30;/h1-9,11H,10,12-13H2;1H. The first-order valence-corrected chi connectivity index (χ1v) is 11.6. The van der Waals surface area contributed by atoms with Crippen molar-refractivity contribution in [2.24, 2.45) is 4.99 Å². The molecular formula is C21H17BrCl3FN2O4S. The third-order valence-electron chi connectivity index (χ3n) is 4.26. The van der Waals surface area contributed by atoms with Gasteiger partial charge >= 0.3 is 10.2 Å². The monoisotopic (exact) mass is 596 g/mol. The third kappa shape index (κ3) is 7.82. The average molecular weight is 599 g/mol. The summed E-state index contributed by atoms with van der Waals surface area (Å²) in [6.07, 6.45) is 3.35. The Morgan fingerprint density at radius 3 is 2.52 bits per heavy atom. The molecule has 0 aliphatic heterocycles. The van der Waals surface area contributed by atoms with Crippen molar-refractivity contribution in [3.8, 4) is 5.75 Å². The Morgan fingerprint density at radius 1 is 1.06 bits per heavy atom. The molecule has 0 amide bonds. The predicted octanol–water partition coefficient (Wildman–Crippen LogP) is 4.56. The zero-order valence-corrected chi connectivity index (χ0v) is 21.5. The second-order valence-electron chi connectivity index (χ2n) is 6.63. The topological polar surface area (TPSA) is 82.7 Å². The lowest BCUT2D eigenvalue weighted by Gasteiger charge is -2.12. The average Bonchev–Trinajstić information content (AvgIpc) is 2.72. The van der Waals surface area contributed by atoms with E-state index in [9.17, 15) is 17.4 Å². The van der Waals surface area contributed by atoms with Crippen molar-refractivity contribution in [1.29, 1.82) is 0 Å². The lowest BCUT2D eigenvalue weighted by Crippen LogP contribution is -2.34. The fourth-order valence-corrected chi connectivity index (χ4v) is 4.36. The molecular weight excluding hydrogens is 582 g/mol. The van der Waals surface area contributed by atoms with Crippen LogP contribution in [0.1, 0.15) is 11.1 Å². The fourth-order valence-electron chi connectivity index (χ4n) is 2.85. The van der Waals surface area contributed by atoms with Gasteiger partial charge in [0.25, 0.3) is 0 Å². The number of pyridine rings is 1. The number of aromatic nitrogens is 1. The Labute approximate surface area is 216 Å². The van der Waals surface area contributed by atoms with Crippen LogP contribution in [0.5, 0.6) is 5.75 Å². The Hall–Kier alpha value is -1.91. The van der Waals surface area contributed by atoms with E-state index < -0.39 is 21.0 Å². The van der Waals surface area contributed by atoms with Crippen molar-refractivity contribution in [3.05, 3.63) is 87.1 Å². The number of hydrogen-bond donors (Lipinski definition) is 0. The molecule has 1 heterocycles. The maximum Gasteiger partial charge on any atom is 0.334 e. The minimum Gasteiger partial charge on any atom is -0.860 e. The SMILES string of the molecule is Br.O=S(=O)(F)c1c(Cl)cccc1C[n+]1cccc(CN=C([O-])COc2ccc(Cl)c(Cl)c2)c1. The number of halogens is 5. The summed E-state index contributed by atoms with van der Waals surface area (Å²) >= 11 is 17.6. The molecule has 12 heteroatoms. The summed E-state index contributed by atoms with van der Waals surface area (Å²) in [5.41, 5.74) is 0.882. The molecule has 0 saturated carbocycles. The number of aliphatic imine (C=N–C) groups is 1. The maximum atomic E-state index is 13.7. The van der Waals surface area contributed by atoms with Crippen molar-refractivity contribution < 1.29 is 26.7 Å². The Morgan fingerprint density at radius 2 is 1.82 bits per heavy atom. The smallest absolute Gasteiger partial charge is 0.334 e. The van der Waals surface area contributed by atoms with Gasteiger partial charge in [0, 0.05) is 23.3 Å². The first-order chi connectivity index (χ1) is 15.1. The van der Waals surface area contributed by atoms with E-state index in [0.717, 1.165) is 0 Å². The number of ether oxygens (including phenoxy) is 1. The Bertz CT molecular complexity index is 1280. The second kappa shape index (κ2) is 12.0. The molecule has 0 radical (unpaired) electrons. The molecule has 0 aliphatic carbocycles. The lowest BCUT2D eigenvalue weighted by molar-refractivity contribution is -0.689. The van der Waals surface area contributed by atoms with Crippen LogP contribution in [0.3, 0.4) is 0 Å². The van der Waals surface area contributed by atoms with Crippen LogP contribution < -0.4 is 14.4 Å². The van der Waals surface area contributed by atoms with Crippen molar-refractivity contribution >= 4 is 67.9 Å². The second-order valence-corrected chi connectivity index (χ2v) is 9.13. The predicted molar refractivity (Wildman–Crippen MR) is 129 cm³/mol. The van der Waals surface area contributed by atoms with Gasteiger partial charge in [0.15, 0.2) is 18.9 Å². The van der Waals surface area contributed by atoms with E-state index in [-0.39, 0.29) is 47.3 Å². The lowest BCUT2D eigenvalue weighted by atomic mass is 10.2. The number of rotatable bonds is 8. The van der Waals surface area contributed by atoms with Crippen LogP contribution in [0.25, 0.3) is 0 Å². The summed E-state index contributed by atoms with van der Waals surface area (Å²) in [7, 11) is -4.99. The molecule has 2 aromatic carbocycles. The van der Waals surface area contributed by atoms with E-state index >= 15 is 0 Å². The normalized spacial score (nSPS) is 11.7. The van der Waals surface area contributed by atoms with Crippen LogP contribution in [0.4, 0.5) is 3.89 Å².